The number of carbonyl (C=O) groups is 2. The average Bonchev–Trinajstić information content (AvgIpc) is 2.86. The zero-order valence-electron chi connectivity index (χ0n) is 19.3. The molecule has 2 rings (SSSR count). The molecule has 2 atom stereocenters. The van der Waals surface area contributed by atoms with Crippen LogP contribution in [0.4, 0.5) is 10.5 Å². The molecule has 10 heteroatoms. The minimum atomic E-state index is -0.771. The molecule has 0 heterocycles. The number of aliphatic hydroxyl groups excluding tert-OH is 1. The molecule has 1 amide bonds. The molecule has 0 unspecified atom stereocenters. The van der Waals surface area contributed by atoms with Gasteiger partial charge in [0.05, 0.1) is 19.0 Å². The summed E-state index contributed by atoms with van der Waals surface area (Å²) in [6.45, 7) is 2.39. The first-order valence-corrected chi connectivity index (χ1v) is 12.7. The second-order valence-electron chi connectivity index (χ2n) is 6.98. The van der Waals surface area contributed by atoms with Gasteiger partial charge in [-0.1, -0.05) is 12.1 Å². The van der Waals surface area contributed by atoms with Gasteiger partial charge in [-0.15, -0.1) is 11.8 Å². The Morgan fingerprint density at radius 3 is 2.38 bits per heavy atom. The van der Waals surface area contributed by atoms with E-state index in [0.29, 0.717) is 30.0 Å². The summed E-state index contributed by atoms with van der Waals surface area (Å²) in [7, 11) is 0. The van der Waals surface area contributed by atoms with Gasteiger partial charge >= 0.3 is 12.1 Å². The largest absolute Gasteiger partial charge is 0.491 e. The molecule has 0 spiro atoms. The van der Waals surface area contributed by atoms with Crippen LogP contribution in [0.5, 0.6) is 5.75 Å². The van der Waals surface area contributed by atoms with Crippen molar-refractivity contribution in [2.24, 2.45) is 0 Å². The first kappa shape index (κ1) is 27.8. The fourth-order valence-corrected chi connectivity index (χ4v) is 3.58. The van der Waals surface area contributed by atoms with E-state index in [0.717, 1.165) is 4.90 Å². The Hall–Kier alpha value is -2.40. The van der Waals surface area contributed by atoms with Crippen LogP contribution < -0.4 is 10.1 Å². The lowest BCUT2D eigenvalue weighted by Gasteiger charge is -2.27. The SMILES string of the molecule is CCO[C@@H](CCOC(=O)CS)[C@@H](OC(=O)Nc1ccc(SC)cc1)c1ccc(OCCO)cc1. The molecule has 0 saturated carbocycles. The molecule has 2 aromatic carbocycles. The first-order chi connectivity index (χ1) is 16.5. The summed E-state index contributed by atoms with van der Waals surface area (Å²) in [6.07, 6.45) is 0.317. The Morgan fingerprint density at radius 2 is 1.79 bits per heavy atom. The number of amides is 1. The van der Waals surface area contributed by atoms with Crippen LogP contribution >= 0.6 is 24.4 Å². The van der Waals surface area contributed by atoms with E-state index in [4.69, 9.17) is 24.1 Å². The molecule has 0 aliphatic rings. The summed E-state index contributed by atoms with van der Waals surface area (Å²) in [5.41, 5.74) is 1.29. The van der Waals surface area contributed by atoms with Crippen molar-refractivity contribution in [3.8, 4) is 5.75 Å². The Balaban J connectivity index is 2.19. The van der Waals surface area contributed by atoms with Crippen LogP contribution in [0.1, 0.15) is 25.0 Å². The van der Waals surface area contributed by atoms with Crippen LogP contribution in [0.25, 0.3) is 0 Å². The third-order valence-electron chi connectivity index (χ3n) is 4.65. The van der Waals surface area contributed by atoms with E-state index in [1.54, 1.807) is 48.2 Å². The van der Waals surface area contributed by atoms with Crippen molar-refractivity contribution < 1.29 is 33.6 Å². The normalized spacial score (nSPS) is 12.5. The quantitative estimate of drug-likeness (QED) is 0.196. The van der Waals surface area contributed by atoms with Crippen LogP contribution in [0, 0.1) is 0 Å². The van der Waals surface area contributed by atoms with E-state index in [9.17, 15) is 9.59 Å². The fraction of sp³-hybridized carbons (Fsp3) is 0.417. The lowest BCUT2D eigenvalue weighted by atomic mass is 10.0. The molecular weight excluding hydrogens is 478 g/mol. The zero-order valence-corrected chi connectivity index (χ0v) is 21.0. The molecule has 0 fully saturated rings. The van der Waals surface area contributed by atoms with Gasteiger partial charge in [-0.3, -0.25) is 10.1 Å². The lowest BCUT2D eigenvalue weighted by Crippen LogP contribution is -2.30. The van der Waals surface area contributed by atoms with Gasteiger partial charge in [0.2, 0.25) is 0 Å². The molecular formula is C24H31NO7S2. The number of anilines is 1. The van der Waals surface area contributed by atoms with E-state index in [2.05, 4.69) is 17.9 Å². The summed E-state index contributed by atoms with van der Waals surface area (Å²) in [5.74, 6) is 0.116. The molecule has 0 aliphatic heterocycles. The molecule has 0 bridgehead atoms. The Kier molecular flexibility index (Phi) is 12.7. The predicted molar refractivity (Wildman–Crippen MR) is 135 cm³/mol. The highest BCUT2D eigenvalue weighted by Gasteiger charge is 2.28. The van der Waals surface area contributed by atoms with Crippen molar-refractivity contribution in [3.05, 3.63) is 54.1 Å². The summed E-state index contributed by atoms with van der Waals surface area (Å²) in [6, 6.07) is 14.4. The van der Waals surface area contributed by atoms with Crippen molar-refractivity contribution >= 4 is 42.1 Å². The number of carbonyl (C=O) groups excluding carboxylic acids is 2. The van der Waals surface area contributed by atoms with Crippen LogP contribution in [-0.2, 0) is 19.0 Å². The maximum Gasteiger partial charge on any atom is 0.412 e. The maximum atomic E-state index is 12.8. The van der Waals surface area contributed by atoms with E-state index in [1.165, 1.54) is 0 Å². The number of benzene rings is 2. The van der Waals surface area contributed by atoms with Crippen LogP contribution in [-0.4, -0.2) is 61.7 Å². The Labute approximate surface area is 209 Å². The molecule has 0 radical (unpaired) electrons. The second-order valence-corrected chi connectivity index (χ2v) is 8.18. The monoisotopic (exact) mass is 509 g/mol. The molecule has 2 aromatic rings. The molecule has 0 aliphatic carbocycles. The Morgan fingerprint density at radius 1 is 1.09 bits per heavy atom. The summed E-state index contributed by atoms with van der Waals surface area (Å²) in [4.78, 5) is 25.3. The smallest absolute Gasteiger partial charge is 0.412 e. The minimum Gasteiger partial charge on any atom is -0.491 e. The zero-order chi connectivity index (χ0) is 24.8. The van der Waals surface area contributed by atoms with Crippen molar-refractivity contribution in [3.63, 3.8) is 0 Å². The summed E-state index contributed by atoms with van der Waals surface area (Å²) in [5, 5.41) is 11.7. The molecule has 8 nitrogen and oxygen atoms in total. The standard InChI is InChI=1S/C24H31NO7S2/c1-3-29-21(12-14-31-22(27)16-33)23(17-4-8-19(9-5-17)30-15-13-26)32-24(28)25-18-6-10-20(34-2)11-7-18/h4-11,21,23,26,33H,3,12-16H2,1-2H3,(H,25,28)/t21-,23-/m0/s1. The van der Waals surface area contributed by atoms with Gasteiger partial charge in [-0.2, -0.15) is 12.6 Å². The number of ether oxygens (including phenoxy) is 4. The van der Waals surface area contributed by atoms with Gasteiger partial charge in [-0.05, 0) is 55.1 Å². The van der Waals surface area contributed by atoms with Gasteiger partial charge in [0.15, 0.2) is 6.10 Å². The molecule has 2 N–H and O–H groups in total. The number of esters is 1. The minimum absolute atomic E-state index is 0.0216. The third kappa shape index (κ3) is 9.46. The van der Waals surface area contributed by atoms with E-state index < -0.39 is 24.3 Å². The first-order valence-electron chi connectivity index (χ1n) is 10.8. The van der Waals surface area contributed by atoms with Crippen molar-refractivity contribution in [1.82, 2.24) is 0 Å². The average molecular weight is 510 g/mol. The highest BCUT2D eigenvalue weighted by atomic mass is 32.2. The topological polar surface area (TPSA) is 103 Å². The van der Waals surface area contributed by atoms with Crippen LogP contribution in [0.2, 0.25) is 0 Å². The maximum absolute atomic E-state index is 12.8. The number of hydrogen-bond acceptors (Lipinski definition) is 9. The fourth-order valence-electron chi connectivity index (χ4n) is 3.08. The molecule has 34 heavy (non-hydrogen) atoms. The number of thiol groups is 1. The van der Waals surface area contributed by atoms with E-state index in [-0.39, 0.29) is 25.6 Å². The molecule has 186 valence electrons. The van der Waals surface area contributed by atoms with Gasteiger partial charge in [0.25, 0.3) is 0 Å². The highest BCUT2D eigenvalue weighted by molar-refractivity contribution is 7.98. The number of thioether (sulfide) groups is 1. The summed E-state index contributed by atoms with van der Waals surface area (Å²) < 4.78 is 22.2. The van der Waals surface area contributed by atoms with Gasteiger partial charge in [0, 0.05) is 23.6 Å². The highest BCUT2D eigenvalue weighted by Crippen LogP contribution is 2.29. The van der Waals surface area contributed by atoms with E-state index in [1.807, 2.05) is 25.3 Å². The lowest BCUT2D eigenvalue weighted by molar-refractivity contribution is -0.142. The van der Waals surface area contributed by atoms with Crippen LogP contribution in [0.15, 0.2) is 53.4 Å². The Bertz CT molecular complexity index is 878. The molecule has 0 saturated heterocycles. The molecule has 0 aromatic heterocycles. The van der Waals surface area contributed by atoms with Gasteiger partial charge in [0.1, 0.15) is 18.5 Å². The van der Waals surface area contributed by atoms with E-state index >= 15 is 0 Å². The summed E-state index contributed by atoms with van der Waals surface area (Å²) >= 11 is 5.51. The third-order valence-corrected chi connectivity index (χ3v) is 5.65. The number of aliphatic hydroxyl groups is 1. The van der Waals surface area contributed by atoms with Crippen molar-refractivity contribution in [2.45, 2.75) is 30.4 Å². The predicted octanol–water partition coefficient (Wildman–Crippen LogP) is 4.34. The van der Waals surface area contributed by atoms with Crippen molar-refractivity contribution in [1.29, 1.82) is 0 Å². The number of nitrogens with one attached hydrogen (secondary N) is 1. The van der Waals surface area contributed by atoms with Gasteiger partial charge < -0.3 is 24.1 Å². The van der Waals surface area contributed by atoms with Crippen LogP contribution in [0.3, 0.4) is 0 Å². The van der Waals surface area contributed by atoms with Gasteiger partial charge in [-0.25, -0.2) is 4.79 Å². The number of hydrogen-bond donors (Lipinski definition) is 3. The second kappa shape index (κ2) is 15.5. The van der Waals surface area contributed by atoms with Crippen molar-refractivity contribution in [2.75, 3.05) is 43.8 Å². The number of rotatable bonds is 14.